The fraction of sp³-hybridized carbons (Fsp3) is 0.864. The van der Waals surface area contributed by atoms with Crippen molar-refractivity contribution in [2.75, 3.05) is 32.8 Å². The van der Waals surface area contributed by atoms with Gasteiger partial charge in [-0.3, -0.25) is 14.4 Å². The van der Waals surface area contributed by atoms with Crippen molar-refractivity contribution < 1.29 is 19.1 Å². The number of piperazine rings is 1. The third-order valence-corrected chi connectivity index (χ3v) is 5.92. The fourth-order valence-electron chi connectivity index (χ4n) is 4.12. The van der Waals surface area contributed by atoms with E-state index in [2.05, 4.69) is 17.6 Å². The van der Waals surface area contributed by atoms with Gasteiger partial charge in [0.05, 0.1) is 13.0 Å². The molecule has 0 aromatic heterocycles. The summed E-state index contributed by atoms with van der Waals surface area (Å²) in [7, 11) is 0. The van der Waals surface area contributed by atoms with Gasteiger partial charge in [0.2, 0.25) is 11.8 Å². The first-order valence-electron chi connectivity index (χ1n) is 11.6. The van der Waals surface area contributed by atoms with Crippen LogP contribution in [0.1, 0.15) is 77.6 Å². The largest absolute Gasteiger partial charge is 0.466 e. The molecule has 2 fully saturated rings. The monoisotopic (exact) mass is 409 g/mol. The highest BCUT2D eigenvalue weighted by Gasteiger charge is 2.37. The minimum Gasteiger partial charge on any atom is -0.466 e. The van der Waals surface area contributed by atoms with Crippen LogP contribution in [0.4, 0.5) is 0 Å². The first-order chi connectivity index (χ1) is 14.1. The van der Waals surface area contributed by atoms with Crippen LogP contribution < -0.4 is 10.6 Å². The average molecular weight is 410 g/mol. The third kappa shape index (κ3) is 8.33. The molecule has 2 aliphatic heterocycles. The van der Waals surface area contributed by atoms with E-state index in [9.17, 15) is 14.4 Å². The van der Waals surface area contributed by atoms with Gasteiger partial charge in [0.15, 0.2) is 0 Å². The summed E-state index contributed by atoms with van der Waals surface area (Å²) in [6, 6.07) is -0.739. The molecule has 166 valence electrons. The van der Waals surface area contributed by atoms with Crippen molar-refractivity contribution >= 4 is 17.8 Å². The molecule has 29 heavy (non-hydrogen) atoms. The van der Waals surface area contributed by atoms with Crippen molar-refractivity contribution in [3.63, 3.8) is 0 Å². The Balaban J connectivity index is 1.69. The van der Waals surface area contributed by atoms with Crippen molar-refractivity contribution in [3.05, 3.63) is 0 Å². The maximum atomic E-state index is 12.9. The molecule has 0 radical (unpaired) electrons. The molecule has 1 atom stereocenters. The van der Waals surface area contributed by atoms with E-state index in [1.54, 1.807) is 4.90 Å². The van der Waals surface area contributed by atoms with Crippen molar-refractivity contribution in [1.82, 2.24) is 15.5 Å². The summed E-state index contributed by atoms with van der Waals surface area (Å²) in [6.45, 7) is 5.16. The van der Waals surface area contributed by atoms with Crippen LogP contribution in [0.15, 0.2) is 0 Å². The lowest BCUT2D eigenvalue weighted by atomic mass is 9.95. The van der Waals surface area contributed by atoms with Gasteiger partial charge in [-0.1, -0.05) is 51.9 Å². The minimum absolute atomic E-state index is 0.00206. The molecule has 0 aromatic carbocycles. The molecule has 0 bridgehead atoms. The highest BCUT2D eigenvalue weighted by molar-refractivity contribution is 5.92. The fourth-order valence-corrected chi connectivity index (χ4v) is 4.12. The number of nitrogens with one attached hydrogen (secondary N) is 2. The molecule has 0 aliphatic carbocycles. The minimum atomic E-state index is -0.739. The summed E-state index contributed by atoms with van der Waals surface area (Å²) in [6.07, 6.45) is 11.0. The Hall–Kier alpha value is -1.63. The molecule has 0 saturated carbocycles. The average Bonchev–Trinajstić information content (AvgIpc) is 2.74. The quantitative estimate of drug-likeness (QED) is 0.382. The molecular formula is C22H39N3O4. The van der Waals surface area contributed by atoms with Crippen LogP contribution in [-0.4, -0.2) is 61.5 Å². The number of piperidine rings is 1. The maximum Gasteiger partial charge on any atom is 0.308 e. The zero-order valence-electron chi connectivity index (χ0n) is 18.0. The number of ether oxygens (including phenoxy) is 1. The van der Waals surface area contributed by atoms with Crippen LogP contribution in [0.2, 0.25) is 0 Å². The van der Waals surface area contributed by atoms with Gasteiger partial charge in [0.25, 0.3) is 0 Å². The van der Waals surface area contributed by atoms with Gasteiger partial charge in [0, 0.05) is 19.0 Å². The summed E-state index contributed by atoms with van der Waals surface area (Å²) in [4.78, 5) is 39.1. The van der Waals surface area contributed by atoms with Crippen molar-refractivity contribution in [3.8, 4) is 0 Å². The molecule has 0 aromatic rings. The zero-order valence-corrected chi connectivity index (χ0v) is 18.0. The van der Waals surface area contributed by atoms with E-state index in [1.807, 2.05) is 0 Å². The molecule has 2 N–H and O–H groups in total. The number of hydrogen-bond acceptors (Lipinski definition) is 5. The lowest BCUT2D eigenvalue weighted by Gasteiger charge is -2.37. The van der Waals surface area contributed by atoms with Gasteiger partial charge >= 0.3 is 5.97 Å². The van der Waals surface area contributed by atoms with Gasteiger partial charge in [-0.2, -0.15) is 0 Å². The molecule has 0 spiro atoms. The smallest absolute Gasteiger partial charge is 0.308 e. The SMILES string of the molecule is CCCCCCCCCCOC(=O)CC1C(=O)NCCN1C(=O)C1CCNCC1. The first-order valence-corrected chi connectivity index (χ1v) is 11.6. The molecule has 2 aliphatic rings. The van der Waals surface area contributed by atoms with Gasteiger partial charge in [0.1, 0.15) is 6.04 Å². The Labute approximate surface area is 175 Å². The van der Waals surface area contributed by atoms with Crippen LogP contribution in [0.3, 0.4) is 0 Å². The molecular weight excluding hydrogens is 370 g/mol. The van der Waals surface area contributed by atoms with Crippen molar-refractivity contribution in [2.24, 2.45) is 5.92 Å². The number of carbonyl (C=O) groups is 3. The Morgan fingerprint density at radius 3 is 2.34 bits per heavy atom. The van der Waals surface area contributed by atoms with E-state index in [4.69, 9.17) is 4.74 Å². The Kier molecular flexibility index (Phi) is 11.1. The zero-order chi connectivity index (χ0) is 20.9. The van der Waals surface area contributed by atoms with Crippen LogP contribution >= 0.6 is 0 Å². The number of amides is 2. The van der Waals surface area contributed by atoms with Crippen LogP contribution in [0, 0.1) is 5.92 Å². The summed E-state index contributed by atoms with van der Waals surface area (Å²) in [5.74, 6) is -0.694. The van der Waals surface area contributed by atoms with E-state index in [1.165, 1.54) is 38.5 Å². The Morgan fingerprint density at radius 1 is 1.00 bits per heavy atom. The third-order valence-electron chi connectivity index (χ3n) is 5.92. The van der Waals surface area contributed by atoms with Gasteiger partial charge in [-0.15, -0.1) is 0 Å². The summed E-state index contributed by atoms with van der Waals surface area (Å²) >= 11 is 0. The van der Waals surface area contributed by atoms with E-state index < -0.39 is 12.0 Å². The molecule has 1 unspecified atom stereocenters. The lowest BCUT2D eigenvalue weighted by Crippen LogP contribution is -2.59. The lowest BCUT2D eigenvalue weighted by molar-refractivity contribution is -0.153. The number of unbranched alkanes of at least 4 members (excludes halogenated alkanes) is 7. The molecule has 2 heterocycles. The summed E-state index contributed by atoms with van der Waals surface area (Å²) in [5, 5.41) is 6.03. The predicted molar refractivity (Wildman–Crippen MR) is 112 cm³/mol. The predicted octanol–water partition coefficient (Wildman–Crippen LogP) is 2.39. The normalized spacial score (nSPS) is 20.4. The highest BCUT2D eigenvalue weighted by atomic mass is 16.5. The van der Waals surface area contributed by atoms with Crippen LogP contribution in [0.25, 0.3) is 0 Å². The second-order valence-corrected chi connectivity index (χ2v) is 8.26. The molecule has 7 nitrogen and oxygen atoms in total. The number of esters is 1. The van der Waals surface area contributed by atoms with Crippen LogP contribution in [-0.2, 0) is 19.1 Å². The summed E-state index contributed by atoms with van der Waals surface area (Å²) in [5.41, 5.74) is 0. The van der Waals surface area contributed by atoms with Crippen molar-refractivity contribution in [2.45, 2.75) is 83.6 Å². The Bertz CT molecular complexity index is 520. The number of nitrogens with zero attached hydrogens (tertiary/aromatic N) is 1. The van der Waals surface area contributed by atoms with E-state index >= 15 is 0 Å². The second-order valence-electron chi connectivity index (χ2n) is 8.26. The van der Waals surface area contributed by atoms with E-state index in [-0.39, 0.29) is 24.2 Å². The summed E-state index contributed by atoms with van der Waals surface area (Å²) < 4.78 is 5.34. The second kappa shape index (κ2) is 13.6. The van der Waals surface area contributed by atoms with Gasteiger partial charge < -0.3 is 20.3 Å². The van der Waals surface area contributed by atoms with Gasteiger partial charge in [-0.25, -0.2) is 0 Å². The number of carbonyl (C=O) groups excluding carboxylic acids is 3. The standard InChI is InChI=1S/C22H39N3O4/c1-2-3-4-5-6-7-8-9-16-29-20(26)17-19-21(27)24-14-15-25(19)22(28)18-10-12-23-13-11-18/h18-19,23H,2-17H2,1H3,(H,24,27). The maximum absolute atomic E-state index is 12.9. The molecule has 2 amide bonds. The van der Waals surface area contributed by atoms with Crippen molar-refractivity contribution in [1.29, 1.82) is 0 Å². The number of hydrogen-bond donors (Lipinski definition) is 2. The number of rotatable bonds is 12. The van der Waals surface area contributed by atoms with E-state index in [0.717, 1.165) is 38.8 Å². The molecule has 2 rings (SSSR count). The van der Waals surface area contributed by atoms with Gasteiger partial charge in [-0.05, 0) is 32.4 Å². The first kappa shape index (κ1) is 23.6. The Morgan fingerprint density at radius 2 is 1.66 bits per heavy atom. The highest BCUT2D eigenvalue weighted by Crippen LogP contribution is 2.20. The molecule has 7 heteroatoms. The van der Waals surface area contributed by atoms with Crippen LogP contribution in [0.5, 0.6) is 0 Å². The van der Waals surface area contributed by atoms with E-state index in [0.29, 0.717) is 19.7 Å². The topological polar surface area (TPSA) is 87.7 Å². The molecule has 2 saturated heterocycles.